The monoisotopic (exact) mass is 427 g/mol. The van der Waals surface area contributed by atoms with Crippen molar-refractivity contribution < 1.29 is 22.7 Å². The van der Waals surface area contributed by atoms with Gasteiger partial charge in [-0.3, -0.25) is 4.72 Å². The van der Waals surface area contributed by atoms with E-state index in [4.69, 9.17) is 16.7 Å². The summed E-state index contributed by atoms with van der Waals surface area (Å²) >= 11 is 9.30. The van der Waals surface area contributed by atoms with Gasteiger partial charge in [0.1, 0.15) is 10.7 Å². The van der Waals surface area contributed by atoms with E-state index >= 15 is 0 Å². The molecule has 0 fully saturated rings. The van der Waals surface area contributed by atoms with Gasteiger partial charge in [0.25, 0.3) is 10.0 Å². The molecule has 2 aromatic rings. The lowest BCUT2D eigenvalue weighted by molar-refractivity contribution is 0.0702. The quantitative estimate of drug-likeness (QED) is 0.767. The number of aromatic carboxylic acids is 1. The van der Waals surface area contributed by atoms with Crippen molar-refractivity contribution in [3.63, 3.8) is 0 Å². The highest BCUT2D eigenvalue weighted by molar-refractivity contribution is 9.10. The van der Waals surface area contributed by atoms with Crippen molar-refractivity contribution in [2.75, 3.05) is 4.72 Å². The highest BCUT2D eigenvalue weighted by Gasteiger charge is 2.24. The number of halogens is 3. The summed E-state index contributed by atoms with van der Waals surface area (Å²) in [5.41, 5.74) is 0.266. The van der Waals surface area contributed by atoms with Crippen molar-refractivity contribution >= 4 is 60.5 Å². The number of carboxylic acids is 1. The van der Waals surface area contributed by atoms with Crippen LogP contribution < -0.4 is 4.72 Å². The highest BCUT2D eigenvalue weighted by Crippen LogP contribution is 2.33. The van der Waals surface area contributed by atoms with Crippen LogP contribution in [0.25, 0.3) is 0 Å². The predicted octanol–water partition coefficient (Wildman–Crippen LogP) is 4.11. The lowest BCUT2D eigenvalue weighted by Gasteiger charge is -2.09. The molecule has 1 aromatic carbocycles. The molecule has 0 atom stereocenters. The van der Waals surface area contributed by atoms with E-state index in [2.05, 4.69) is 20.7 Å². The van der Waals surface area contributed by atoms with Gasteiger partial charge in [0.15, 0.2) is 4.21 Å². The molecular weight excluding hydrogens is 421 g/mol. The molecule has 118 valence electrons. The Morgan fingerprint density at radius 2 is 2.05 bits per heavy atom. The number of sulfonamides is 1. The molecule has 0 saturated heterocycles. The van der Waals surface area contributed by atoms with Gasteiger partial charge >= 0.3 is 5.97 Å². The Labute approximate surface area is 142 Å². The topological polar surface area (TPSA) is 83.5 Å². The van der Waals surface area contributed by atoms with Gasteiger partial charge in [0.2, 0.25) is 0 Å². The fourth-order valence-corrected chi connectivity index (χ4v) is 5.45. The van der Waals surface area contributed by atoms with E-state index in [1.54, 1.807) is 0 Å². The number of benzene rings is 1. The molecule has 0 aliphatic carbocycles. The summed E-state index contributed by atoms with van der Waals surface area (Å²) in [6.07, 6.45) is 0. The van der Waals surface area contributed by atoms with Crippen LogP contribution >= 0.6 is 38.9 Å². The van der Waals surface area contributed by atoms with E-state index in [9.17, 15) is 17.6 Å². The van der Waals surface area contributed by atoms with Crippen LogP contribution in [-0.4, -0.2) is 19.5 Å². The Morgan fingerprint density at radius 3 is 2.55 bits per heavy atom. The normalized spacial score (nSPS) is 11.5. The third-order valence-electron chi connectivity index (χ3n) is 2.57. The second kappa shape index (κ2) is 6.15. The van der Waals surface area contributed by atoms with E-state index in [-0.39, 0.29) is 29.8 Å². The molecule has 0 aliphatic rings. The van der Waals surface area contributed by atoms with Crippen LogP contribution in [0.2, 0.25) is 5.02 Å². The number of hydrogen-bond acceptors (Lipinski definition) is 4. The van der Waals surface area contributed by atoms with E-state index in [0.717, 1.165) is 6.07 Å². The first kappa shape index (κ1) is 17.2. The van der Waals surface area contributed by atoms with Gasteiger partial charge in [-0.1, -0.05) is 11.6 Å². The standard InChI is InChI=1S/C12H8BrClFNO4S2/c1-5-2-6(3-8(14)10(5)15)16-22(19,20)12-7(13)4-9(21-12)11(17)18/h2-4,16H,1H3,(H,17,18). The molecule has 1 heterocycles. The van der Waals surface area contributed by atoms with Crippen LogP contribution in [-0.2, 0) is 10.0 Å². The third-order valence-corrected chi connectivity index (χ3v) is 7.04. The molecule has 1 aromatic heterocycles. The zero-order chi connectivity index (χ0) is 16.7. The third kappa shape index (κ3) is 3.43. The van der Waals surface area contributed by atoms with Gasteiger partial charge < -0.3 is 5.11 Å². The average Bonchev–Trinajstić information content (AvgIpc) is 2.78. The SMILES string of the molecule is Cc1cc(NS(=O)(=O)c2sc(C(=O)O)cc2Br)cc(Cl)c1F. The van der Waals surface area contributed by atoms with Crippen LogP contribution in [0.5, 0.6) is 0 Å². The molecule has 22 heavy (non-hydrogen) atoms. The van der Waals surface area contributed by atoms with Gasteiger partial charge in [-0.25, -0.2) is 17.6 Å². The van der Waals surface area contributed by atoms with Crippen LogP contribution in [0.15, 0.2) is 26.9 Å². The number of thiophene rings is 1. The van der Waals surface area contributed by atoms with Gasteiger partial charge in [-0.05, 0) is 46.6 Å². The molecule has 10 heteroatoms. The minimum Gasteiger partial charge on any atom is -0.477 e. The lowest BCUT2D eigenvalue weighted by atomic mass is 10.2. The molecule has 0 amide bonds. The smallest absolute Gasteiger partial charge is 0.345 e. The number of anilines is 1. The summed E-state index contributed by atoms with van der Waals surface area (Å²) in [5, 5.41) is 8.68. The Kier molecular flexibility index (Phi) is 4.81. The second-order valence-corrected chi connectivity index (χ2v) is 8.44. The molecule has 0 radical (unpaired) electrons. The van der Waals surface area contributed by atoms with Gasteiger partial charge in [-0.2, -0.15) is 0 Å². The molecular formula is C12H8BrClFNO4S2. The maximum absolute atomic E-state index is 13.4. The molecule has 2 rings (SSSR count). The summed E-state index contributed by atoms with van der Waals surface area (Å²) in [5.74, 6) is -1.86. The number of carboxylic acid groups (broad SMARTS) is 1. The Hall–Kier alpha value is -1.16. The largest absolute Gasteiger partial charge is 0.477 e. The number of nitrogens with one attached hydrogen (secondary N) is 1. The maximum Gasteiger partial charge on any atom is 0.345 e. The Balaban J connectivity index is 2.42. The molecule has 0 bridgehead atoms. The summed E-state index contributed by atoms with van der Waals surface area (Å²) in [6.45, 7) is 1.45. The predicted molar refractivity (Wildman–Crippen MR) is 85.9 cm³/mol. The molecule has 2 N–H and O–H groups in total. The summed E-state index contributed by atoms with van der Waals surface area (Å²) < 4.78 is 40.2. The summed E-state index contributed by atoms with van der Waals surface area (Å²) in [6, 6.07) is 3.63. The maximum atomic E-state index is 13.4. The summed E-state index contributed by atoms with van der Waals surface area (Å²) in [4.78, 5) is 10.8. The van der Waals surface area contributed by atoms with Gasteiger partial charge in [0, 0.05) is 4.47 Å². The second-order valence-electron chi connectivity index (χ2n) is 4.25. The van der Waals surface area contributed by atoms with Gasteiger partial charge in [0.05, 0.1) is 10.7 Å². The minimum absolute atomic E-state index is 0.0843. The van der Waals surface area contributed by atoms with Crippen LogP contribution in [0.4, 0.5) is 10.1 Å². The first-order valence-corrected chi connectivity index (χ1v) is 9.10. The zero-order valence-corrected chi connectivity index (χ0v) is 14.8. The fourth-order valence-electron chi connectivity index (χ4n) is 1.63. The van der Waals surface area contributed by atoms with Crippen molar-refractivity contribution in [1.29, 1.82) is 0 Å². The van der Waals surface area contributed by atoms with Crippen molar-refractivity contribution in [3.05, 3.63) is 44.0 Å². The zero-order valence-electron chi connectivity index (χ0n) is 10.9. The summed E-state index contributed by atoms with van der Waals surface area (Å²) in [7, 11) is -4.03. The van der Waals surface area contributed by atoms with Crippen molar-refractivity contribution in [2.24, 2.45) is 0 Å². The number of aryl methyl sites for hydroxylation is 1. The molecule has 0 aliphatic heterocycles. The number of carbonyl (C=O) groups is 1. The minimum atomic E-state index is -4.03. The van der Waals surface area contributed by atoms with Gasteiger partial charge in [-0.15, -0.1) is 11.3 Å². The lowest BCUT2D eigenvalue weighted by Crippen LogP contribution is -2.12. The van der Waals surface area contributed by atoms with Crippen molar-refractivity contribution in [2.45, 2.75) is 11.1 Å². The molecule has 5 nitrogen and oxygen atoms in total. The van der Waals surface area contributed by atoms with E-state index < -0.39 is 21.8 Å². The van der Waals surface area contributed by atoms with Crippen LogP contribution in [0, 0.1) is 12.7 Å². The van der Waals surface area contributed by atoms with E-state index in [1.807, 2.05) is 0 Å². The highest BCUT2D eigenvalue weighted by atomic mass is 79.9. The van der Waals surface area contributed by atoms with Crippen LogP contribution in [0.1, 0.15) is 15.2 Å². The van der Waals surface area contributed by atoms with E-state index in [0.29, 0.717) is 11.3 Å². The molecule has 0 saturated carbocycles. The Bertz CT molecular complexity index is 843. The number of hydrogen-bond donors (Lipinski definition) is 2. The first-order valence-electron chi connectivity index (χ1n) is 5.63. The first-order chi connectivity index (χ1) is 10.1. The van der Waals surface area contributed by atoms with Crippen LogP contribution in [0.3, 0.4) is 0 Å². The van der Waals surface area contributed by atoms with Crippen molar-refractivity contribution in [1.82, 2.24) is 0 Å². The van der Waals surface area contributed by atoms with Crippen molar-refractivity contribution in [3.8, 4) is 0 Å². The fraction of sp³-hybridized carbons (Fsp3) is 0.0833. The Morgan fingerprint density at radius 1 is 1.41 bits per heavy atom. The van der Waals surface area contributed by atoms with E-state index in [1.165, 1.54) is 19.1 Å². The average molecular weight is 429 g/mol. The number of rotatable bonds is 4. The molecule has 0 unspecified atom stereocenters. The molecule has 0 spiro atoms.